The van der Waals surface area contributed by atoms with E-state index in [9.17, 15) is 4.39 Å². The fourth-order valence-corrected chi connectivity index (χ4v) is 1.63. The summed E-state index contributed by atoms with van der Waals surface area (Å²) in [5.41, 5.74) is 6.92. The van der Waals surface area contributed by atoms with Crippen LogP contribution >= 0.6 is 0 Å². The Hall–Kier alpha value is -2.23. The molecule has 0 unspecified atom stereocenters. The summed E-state index contributed by atoms with van der Waals surface area (Å²) in [6.45, 7) is 0.227. The molecule has 0 saturated heterocycles. The second-order valence-corrected chi connectivity index (χ2v) is 3.82. The van der Waals surface area contributed by atoms with E-state index >= 15 is 0 Å². The Morgan fingerprint density at radius 1 is 1.17 bits per heavy atom. The average molecular weight is 247 g/mol. The Bertz CT molecular complexity index is 543. The molecule has 0 aromatic heterocycles. The predicted octanol–water partition coefficient (Wildman–Crippen LogP) is 3.00. The van der Waals surface area contributed by atoms with Crippen LogP contribution in [0.5, 0.6) is 11.5 Å². The fourth-order valence-electron chi connectivity index (χ4n) is 1.63. The maximum Gasteiger partial charge on any atom is 0.125 e. The van der Waals surface area contributed by atoms with Gasteiger partial charge < -0.3 is 15.2 Å². The van der Waals surface area contributed by atoms with Gasteiger partial charge in [0.05, 0.1) is 7.11 Å². The lowest BCUT2D eigenvalue weighted by Crippen LogP contribution is -1.99. The van der Waals surface area contributed by atoms with Crippen molar-refractivity contribution in [1.82, 2.24) is 0 Å². The average Bonchev–Trinajstić information content (AvgIpc) is 2.37. The lowest BCUT2D eigenvalue weighted by Gasteiger charge is -2.10. The van der Waals surface area contributed by atoms with Crippen molar-refractivity contribution < 1.29 is 13.9 Å². The highest BCUT2D eigenvalue weighted by Crippen LogP contribution is 2.22. The molecule has 18 heavy (non-hydrogen) atoms. The van der Waals surface area contributed by atoms with Crippen LogP contribution in [0, 0.1) is 5.82 Å². The number of methoxy groups -OCH3 is 1. The molecule has 0 radical (unpaired) electrons. The zero-order chi connectivity index (χ0) is 13.0. The van der Waals surface area contributed by atoms with E-state index in [1.807, 2.05) is 0 Å². The Kier molecular flexibility index (Phi) is 3.67. The molecule has 0 spiro atoms. The number of ether oxygens (including phenoxy) is 2. The molecule has 94 valence electrons. The molecule has 0 amide bonds. The van der Waals surface area contributed by atoms with Crippen LogP contribution < -0.4 is 15.2 Å². The quantitative estimate of drug-likeness (QED) is 0.845. The number of anilines is 1. The maximum atomic E-state index is 13.1. The summed E-state index contributed by atoms with van der Waals surface area (Å²) in [5, 5.41) is 0. The number of benzene rings is 2. The van der Waals surface area contributed by atoms with Crippen LogP contribution in [-0.2, 0) is 6.61 Å². The summed E-state index contributed by atoms with van der Waals surface area (Å²) in [5.74, 6) is 0.920. The molecule has 0 aliphatic heterocycles. The predicted molar refractivity (Wildman–Crippen MR) is 68.1 cm³/mol. The molecule has 3 nitrogen and oxygen atoms in total. The first kappa shape index (κ1) is 12.2. The third-order valence-corrected chi connectivity index (χ3v) is 2.49. The van der Waals surface area contributed by atoms with Crippen LogP contribution in [0.3, 0.4) is 0 Å². The van der Waals surface area contributed by atoms with E-state index in [0.717, 1.165) is 0 Å². The lowest BCUT2D eigenvalue weighted by atomic mass is 10.2. The van der Waals surface area contributed by atoms with E-state index in [-0.39, 0.29) is 12.4 Å². The smallest absolute Gasteiger partial charge is 0.125 e. The van der Waals surface area contributed by atoms with Gasteiger partial charge in [0, 0.05) is 17.3 Å². The third kappa shape index (κ3) is 2.91. The molecule has 2 aromatic carbocycles. The van der Waals surface area contributed by atoms with Gasteiger partial charge in [-0.1, -0.05) is 6.07 Å². The Morgan fingerprint density at radius 3 is 2.72 bits per heavy atom. The van der Waals surface area contributed by atoms with Gasteiger partial charge in [0.2, 0.25) is 0 Å². The van der Waals surface area contributed by atoms with Crippen LogP contribution in [0.25, 0.3) is 0 Å². The lowest BCUT2D eigenvalue weighted by molar-refractivity contribution is 0.296. The van der Waals surface area contributed by atoms with E-state index < -0.39 is 0 Å². The summed E-state index contributed by atoms with van der Waals surface area (Å²) >= 11 is 0. The molecule has 0 aliphatic carbocycles. The van der Waals surface area contributed by atoms with Crippen molar-refractivity contribution in [1.29, 1.82) is 0 Å². The van der Waals surface area contributed by atoms with Crippen molar-refractivity contribution in [2.45, 2.75) is 6.61 Å². The van der Waals surface area contributed by atoms with Crippen LogP contribution in [-0.4, -0.2) is 7.11 Å². The summed E-state index contributed by atoms with van der Waals surface area (Å²) in [6, 6.07) is 11.4. The number of halogens is 1. The molecule has 0 atom stereocenters. The van der Waals surface area contributed by atoms with Crippen LogP contribution in [0.4, 0.5) is 10.1 Å². The maximum absolute atomic E-state index is 13.1. The van der Waals surface area contributed by atoms with Gasteiger partial charge in [-0.25, -0.2) is 4.39 Å². The van der Waals surface area contributed by atoms with Gasteiger partial charge in [0.1, 0.15) is 23.9 Å². The summed E-state index contributed by atoms with van der Waals surface area (Å²) in [7, 11) is 1.54. The van der Waals surface area contributed by atoms with Crippen molar-refractivity contribution in [2.24, 2.45) is 0 Å². The van der Waals surface area contributed by atoms with Gasteiger partial charge in [-0.3, -0.25) is 0 Å². The van der Waals surface area contributed by atoms with E-state index in [1.165, 1.54) is 19.2 Å². The largest absolute Gasteiger partial charge is 0.496 e. The second kappa shape index (κ2) is 5.40. The molecule has 0 saturated carbocycles. The highest BCUT2D eigenvalue weighted by Gasteiger charge is 2.05. The Labute approximate surface area is 105 Å². The third-order valence-electron chi connectivity index (χ3n) is 2.49. The second-order valence-electron chi connectivity index (χ2n) is 3.82. The van der Waals surface area contributed by atoms with Crippen molar-refractivity contribution in [2.75, 3.05) is 12.8 Å². The Morgan fingerprint density at radius 2 is 2.00 bits per heavy atom. The van der Waals surface area contributed by atoms with Gasteiger partial charge in [0.25, 0.3) is 0 Å². The number of hydrogen-bond acceptors (Lipinski definition) is 3. The number of rotatable bonds is 4. The van der Waals surface area contributed by atoms with E-state index in [1.54, 1.807) is 30.3 Å². The first-order valence-electron chi connectivity index (χ1n) is 5.50. The van der Waals surface area contributed by atoms with E-state index in [4.69, 9.17) is 15.2 Å². The summed E-state index contributed by atoms with van der Waals surface area (Å²) in [6.07, 6.45) is 0. The van der Waals surface area contributed by atoms with Crippen LogP contribution in [0.2, 0.25) is 0 Å². The highest BCUT2D eigenvalue weighted by molar-refractivity contribution is 5.43. The van der Waals surface area contributed by atoms with Crippen molar-refractivity contribution in [3.63, 3.8) is 0 Å². The van der Waals surface area contributed by atoms with Gasteiger partial charge in [-0.05, 0) is 30.3 Å². The minimum absolute atomic E-state index is 0.227. The topological polar surface area (TPSA) is 44.5 Å². The monoisotopic (exact) mass is 247 g/mol. The first-order chi connectivity index (χ1) is 8.69. The van der Waals surface area contributed by atoms with Gasteiger partial charge in [-0.2, -0.15) is 0 Å². The molecule has 2 rings (SSSR count). The molecule has 0 bridgehead atoms. The number of hydrogen-bond donors (Lipinski definition) is 1. The zero-order valence-corrected chi connectivity index (χ0v) is 10.0. The van der Waals surface area contributed by atoms with Crippen molar-refractivity contribution in [3.05, 3.63) is 53.8 Å². The van der Waals surface area contributed by atoms with Gasteiger partial charge in [-0.15, -0.1) is 0 Å². The molecule has 0 fully saturated rings. The van der Waals surface area contributed by atoms with Crippen LogP contribution in [0.1, 0.15) is 5.56 Å². The molecular formula is C14H14FNO2. The normalized spacial score (nSPS) is 10.1. The number of nitrogen functional groups attached to an aromatic ring is 1. The molecule has 0 heterocycles. The fraction of sp³-hybridized carbons (Fsp3) is 0.143. The molecular weight excluding hydrogens is 233 g/mol. The first-order valence-corrected chi connectivity index (χ1v) is 5.50. The van der Waals surface area contributed by atoms with E-state index in [2.05, 4.69) is 0 Å². The van der Waals surface area contributed by atoms with E-state index in [0.29, 0.717) is 22.7 Å². The summed E-state index contributed by atoms with van der Waals surface area (Å²) < 4.78 is 23.8. The molecule has 4 heteroatoms. The van der Waals surface area contributed by atoms with Crippen LogP contribution in [0.15, 0.2) is 42.5 Å². The Balaban J connectivity index is 2.12. The highest BCUT2D eigenvalue weighted by atomic mass is 19.1. The molecule has 2 N–H and O–H groups in total. The minimum Gasteiger partial charge on any atom is -0.496 e. The van der Waals surface area contributed by atoms with Crippen molar-refractivity contribution >= 4 is 5.69 Å². The van der Waals surface area contributed by atoms with Crippen molar-refractivity contribution in [3.8, 4) is 11.5 Å². The standard InChI is InChI=1S/C14H14FNO2/c1-17-14-6-5-11(15)7-10(14)9-18-13-4-2-3-12(16)8-13/h2-8H,9,16H2,1H3. The minimum atomic E-state index is -0.318. The van der Waals surface area contributed by atoms with Gasteiger partial charge in [0.15, 0.2) is 0 Å². The molecule has 2 aromatic rings. The SMILES string of the molecule is COc1ccc(F)cc1COc1cccc(N)c1. The summed E-state index contributed by atoms with van der Waals surface area (Å²) in [4.78, 5) is 0. The van der Waals surface area contributed by atoms with Gasteiger partial charge >= 0.3 is 0 Å². The molecule has 0 aliphatic rings. The zero-order valence-electron chi connectivity index (χ0n) is 10.0. The number of nitrogens with two attached hydrogens (primary N) is 1.